The van der Waals surface area contributed by atoms with Crippen LogP contribution in [0, 0.1) is 12.7 Å². The zero-order chi connectivity index (χ0) is 15.6. The number of amides is 1. The minimum Gasteiger partial charge on any atom is -0.478 e. The monoisotopic (exact) mass is 351 g/mol. The maximum atomic E-state index is 13.8. The van der Waals surface area contributed by atoms with Crippen LogP contribution in [0.2, 0.25) is 0 Å². The van der Waals surface area contributed by atoms with Crippen molar-refractivity contribution in [2.45, 2.75) is 6.92 Å². The molecule has 2 rings (SSSR count). The van der Waals surface area contributed by atoms with Crippen LogP contribution in [-0.2, 0) is 0 Å². The highest BCUT2D eigenvalue weighted by atomic mass is 79.9. The molecule has 0 saturated heterocycles. The largest absolute Gasteiger partial charge is 0.478 e. The molecule has 0 aromatic heterocycles. The zero-order valence-electron chi connectivity index (χ0n) is 11.0. The molecule has 21 heavy (non-hydrogen) atoms. The summed E-state index contributed by atoms with van der Waals surface area (Å²) in [6.45, 7) is 1.81. The van der Waals surface area contributed by atoms with Gasteiger partial charge in [-0.2, -0.15) is 0 Å². The first-order valence-electron chi connectivity index (χ1n) is 5.99. The number of carbonyl (C=O) groups excluding carboxylic acids is 1. The fraction of sp³-hybridized carbons (Fsp3) is 0.0667. The third kappa shape index (κ3) is 3.46. The Labute approximate surface area is 128 Å². The molecule has 0 atom stereocenters. The number of aromatic carboxylic acids is 1. The van der Waals surface area contributed by atoms with Crippen molar-refractivity contribution in [1.82, 2.24) is 0 Å². The number of para-hydroxylation sites is 1. The van der Waals surface area contributed by atoms with Crippen molar-refractivity contribution in [3.05, 3.63) is 63.4 Å². The van der Waals surface area contributed by atoms with Crippen LogP contribution in [0.15, 0.2) is 40.9 Å². The van der Waals surface area contributed by atoms with E-state index in [4.69, 9.17) is 5.11 Å². The molecule has 6 heteroatoms. The van der Waals surface area contributed by atoms with Gasteiger partial charge in [0.25, 0.3) is 5.91 Å². The molecule has 2 aromatic rings. The number of aryl methyl sites for hydroxylation is 1. The predicted molar refractivity (Wildman–Crippen MR) is 80.2 cm³/mol. The number of anilines is 1. The number of carboxylic acid groups (broad SMARTS) is 1. The number of rotatable bonds is 3. The van der Waals surface area contributed by atoms with E-state index in [1.165, 1.54) is 12.1 Å². The van der Waals surface area contributed by atoms with Gasteiger partial charge in [-0.25, -0.2) is 9.18 Å². The molecule has 0 heterocycles. The van der Waals surface area contributed by atoms with Crippen molar-refractivity contribution in [2.75, 3.05) is 5.32 Å². The minimum atomic E-state index is -1.31. The third-order valence-electron chi connectivity index (χ3n) is 2.79. The van der Waals surface area contributed by atoms with Crippen LogP contribution < -0.4 is 5.32 Å². The van der Waals surface area contributed by atoms with Gasteiger partial charge in [-0.3, -0.25) is 4.79 Å². The van der Waals surface area contributed by atoms with Gasteiger partial charge >= 0.3 is 5.97 Å². The first-order valence-corrected chi connectivity index (χ1v) is 6.78. The first-order chi connectivity index (χ1) is 9.88. The Morgan fingerprint density at radius 2 is 1.95 bits per heavy atom. The fourth-order valence-electron chi connectivity index (χ4n) is 1.88. The van der Waals surface area contributed by atoms with Crippen molar-refractivity contribution in [3.8, 4) is 0 Å². The van der Waals surface area contributed by atoms with Crippen LogP contribution >= 0.6 is 15.9 Å². The summed E-state index contributed by atoms with van der Waals surface area (Å²) < 4.78 is 14.5. The van der Waals surface area contributed by atoms with Crippen molar-refractivity contribution < 1.29 is 19.1 Å². The van der Waals surface area contributed by atoms with Gasteiger partial charge in [0.2, 0.25) is 0 Å². The van der Waals surface area contributed by atoms with E-state index in [1.807, 2.05) is 13.0 Å². The fourth-order valence-corrected chi connectivity index (χ4v) is 2.49. The van der Waals surface area contributed by atoms with Gasteiger partial charge in [0, 0.05) is 10.0 Å². The Morgan fingerprint density at radius 1 is 1.24 bits per heavy atom. The number of halogens is 2. The van der Waals surface area contributed by atoms with Crippen LogP contribution in [0.4, 0.5) is 10.1 Å². The van der Waals surface area contributed by atoms with Crippen LogP contribution in [-0.4, -0.2) is 17.0 Å². The van der Waals surface area contributed by atoms with Gasteiger partial charge in [-0.1, -0.05) is 22.0 Å². The lowest BCUT2D eigenvalue weighted by atomic mass is 10.1. The summed E-state index contributed by atoms with van der Waals surface area (Å²) in [6.07, 6.45) is 0. The molecular weight excluding hydrogens is 341 g/mol. The molecule has 2 aromatic carbocycles. The van der Waals surface area contributed by atoms with E-state index in [-0.39, 0.29) is 11.3 Å². The van der Waals surface area contributed by atoms with Gasteiger partial charge in [0.1, 0.15) is 5.82 Å². The predicted octanol–water partition coefficient (Wildman–Crippen LogP) is 3.85. The second-order valence-corrected chi connectivity index (χ2v) is 5.35. The quantitative estimate of drug-likeness (QED) is 0.882. The van der Waals surface area contributed by atoms with Crippen LogP contribution in [0.3, 0.4) is 0 Å². The number of carboxylic acids is 1. The summed E-state index contributed by atoms with van der Waals surface area (Å²) >= 11 is 3.27. The Morgan fingerprint density at radius 3 is 2.57 bits per heavy atom. The van der Waals surface area contributed by atoms with Gasteiger partial charge < -0.3 is 10.4 Å². The summed E-state index contributed by atoms with van der Waals surface area (Å²) in [5.74, 6) is -2.68. The van der Waals surface area contributed by atoms with Gasteiger partial charge in [-0.15, -0.1) is 0 Å². The molecule has 2 N–H and O–H groups in total. The molecule has 0 aliphatic heterocycles. The normalized spacial score (nSPS) is 10.2. The van der Waals surface area contributed by atoms with Crippen molar-refractivity contribution in [3.63, 3.8) is 0 Å². The first kappa shape index (κ1) is 15.2. The lowest BCUT2D eigenvalue weighted by Gasteiger charge is -2.10. The molecule has 1 amide bonds. The lowest BCUT2D eigenvalue weighted by molar-refractivity contribution is 0.0697. The maximum absolute atomic E-state index is 13.8. The number of nitrogens with one attached hydrogen (secondary N) is 1. The van der Waals surface area contributed by atoms with Gasteiger partial charge in [-0.05, 0) is 42.8 Å². The molecular formula is C15H11BrFNO3. The summed E-state index contributed by atoms with van der Waals surface area (Å²) in [5, 5.41) is 11.4. The van der Waals surface area contributed by atoms with Crippen molar-refractivity contribution in [2.24, 2.45) is 0 Å². The Balaban J connectivity index is 2.38. The van der Waals surface area contributed by atoms with Crippen molar-refractivity contribution >= 4 is 33.5 Å². The molecule has 0 unspecified atom stereocenters. The average Bonchev–Trinajstić information content (AvgIpc) is 2.39. The molecule has 0 aliphatic carbocycles. The summed E-state index contributed by atoms with van der Waals surface area (Å²) in [4.78, 5) is 23.2. The Hall–Kier alpha value is -2.21. The van der Waals surface area contributed by atoms with Crippen LogP contribution in [0.1, 0.15) is 26.3 Å². The molecule has 0 aliphatic rings. The zero-order valence-corrected chi connectivity index (χ0v) is 12.6. The standard InChI is InChI=1S/C15H11BrFNO3/c1-8-5-9(7-10(16)6-8)14(19)18-13-11(15(20)21)3-2-4-12(13)17/h2-7H,1H3,(H,18,19)(H,20,21). The Bertz CT molecular complexity index is 711. The Kier molecular flexibility index (Phi) is 4.37. The molecule has 0 spiro atoms. The van der Waals surface area contributed by atoms with E-state index in [0.29, 0.717) is 10.0 Å². The van der Waals surface area contributed by atoms with Crippen LogP contribution in [0.25, 0.3) is 0 Å². The second-order valence-electron chi connectivity index (χ2n) is 4.44. The molecule has 108 valence electrons. The topological polar surface area (TPSA) is 66.4 Å². The highest BCUT2D eigenvalue weighted by Gasteiger charge is 2.17. The second kappa shape index (κ2) is 6.05. The molecule has 0 bridgehead atoms. The van der Waals surface area contributed by atoms with Gasteiger partial charge in [0.15, 0.2) is 0 Å². The van der Waals surface area contributed by atoms with Crippen molar-refractivity contribution in [1.29, 1.82) is 0 Å². The molecule has 4 nitrogen and oxygen atoms in total. The van der Waals surface area contributed by atoms with E-state index in [2.05, 4.69) is 21.2 Å². The van der Waals surface area contributed by atoms with E-state index in [9.17, 15) is 14.0 Å². The SMILES string of the molecule is Cc1cc(Br)cc(C(=O)Nc2c(F)cccc2C(=O)O)c1. The van der Waals surface area contributed by atoms with E-state index >= 15 is 0 Å². The average molecular weight is 352 g/mol. The number of carbonyl (C=O) groups is 2. The summed E-state index contributed by atoms with van der Waals surface area (Å²) in [7, 11) is 0. The molecule has 0 radical (unpaired) electrons. The summed E-state index contributed by atoms with van der Waals surface area (Å²) in [6, 6.07) is 8.62. The van der Waals surface area contributed by atoms with E-state index in [0.717, 1.165) is 11.6 Å². The number of hydrogen-bond acceptors (Lipinski definition) is 2. The minimum absolute atomic E-state index is 0.296. The molecule has 0 saturated carbocycles. The molecule has 0 fully saturated rings. The summed E-state index contributed by atoms with van der Waals surface area (Å²) in [5.41, 5.74) is 0.519. The highest BCUT2D eigenvalue weighted by molar-refractivity contribution is 9.10. The third-order valence-corrected chi connectivity index (χ3v) is 3.24. The van der Waals surface area contributed by atoms with Crippen LogP contribution in [0.5, 0.6) is 0 Å². The highest BCUT2D eigenvalue weighted by Crippen LogP contribution is 2.22. The van der Waals surface area contributed by atoms with E-state index < -0.39 is 17.7 Å². The smallest absolute Gasteiger partial charge is 0.337 e. The number of benzene rings is 2. The maximum Gasteiger partial charge on any atom is 0.337 e. The van der Waals surface area contributed by atoms with E-state index in [1.54, 1.807) is 12.1 Å². The van der Waals surface area contributed by atoms with Gasteiger partial charge in [0.05, 0.1) is 11.3 Å². The number of hydrogen-bond donors (Lipinski definition) is 2. The lowest BCUT2D eigenvalue weighted by Crippen LogP contribution is -2.16.